The van der Waals surface area contributed by atoms with Gasteiger partial charge in [0.2, 0.25) is 0 Å². The highest BCUT2D eigenvalue weighted by Crippen LogP contribution is 2.24. The molecule has 1 aromatic carbocycles. The number of nitrogens with one attached hydrogen (secondary N) is 1. The van der Waals surface area contributed by atoms with Gasteiger partial charge in [-0.3, -0.25) is 0 Å². The Morgan fingerprint density at radius 2 is 2.12 bits per heavy atom. The number of esters is 1. The molecule has 0 saturated carbocycles. The minimum absolute atomic E-state index is 0.257. The fourth-order valence-corrected chi connectivity index (χ4v) is 1.92. The predicted octanol–water partition coefficient (Wildman–Crippen LogP) is 3.00. The number of hydrogen-bond donors (Lipinski definition) is 1. The molecule has 0 aromatic heterocycles. The molecule has 92 valence electrons. The molecule has 0 fully saturated rings. The lowest BCUT2D eigenvalue weighted by molar-refractivity contribution is 0.00696. The van der Waals surface area contributed by atoms with Gasteiger partial charge in [-0.15, -0.1) is 0 Å². The number of ether oxygens (including phenoxy) is 1. The molecular weight excluding hydrogens is 214 g/mol. The number of carbonyl (C=O) groups is 1. The lowest BCUT2D eigenvalue weighted by Gasteiger charge is -2.21. The summed E-state index contributed by atoms with van der Waals surface area (Å²) < 4.78 is 5.35. The largest absolute Gasteiger partial charge is 0.456 e. The van der Waals surface area contributed by atoms with Crippen LogP contribution in [-0.4, -0.2) is 18.1 Å². The molecule has 1 aliphatic heterocycles. The number of aryl methyl sites for hydroxylation is 1. The maximum Gasteiger partial charge on any atom is 0.338 e. The van der Waals surface area contributed by atoms with Gasteiger partial charge >= 0.3 is 5.97 Å². The Balaban J connectivity index is 2.19. The summed E-state index contributed by atoms with van der Waals surface area (Å²) in [5, 5.41) is 3.31. The van der Waals surface area contributed by atoms with Gasteiger partial charge in [-0.1, -0.05) is 6.07 Å². The van der Waals surface area contributed by atoms with Crippen LogP contribution in [0, 0.1) is 0 Å². The van der Waals surface area contributed by atoms with Crippen molar-refractivity contribution < 1.29 is 9.53 Å². The van der Waals surface area contributed by atoms with Gasteiger partial charge in [0.1, 0.15) is 5.60 Å². The maximum atomic E-state index is 11.9. The Hall–Kier alpha value is -1.51. The molecule has 1 N–H and O–H groups in total. The SMILES string of the molecule is CC(C)(C)OC(=O)c1ccc2c(c1)NCCC2. The Morgan fingerprint density at radius 3 is 2.82 bits per heavy atom. The van der Waals surface area contributed by atoms with E-state index in [2.05, 4.69) is 5.32 Å². The molecule has 1 aromatic rings. The van der Waals surface area contributed by atoms with E-state index in [0.717, 1.165) is 25.1 Å². The van der Waals surface area contributed by atoms with Gasteiger partial charge in [-0.05, 0) is 51.3 Å². The van der Waals surface area contributed by atoms with Gasteiger partial charge in [0.15, 0.2) is 0 Å². The molecule has 0 aliphatic carbocycles. The summed E-state index contributed by atoms with van der Waals surface area (Å²) in [5.41, 5.74) is 2.52. The fourth-order valence-electron chi connectivity index (χ4n) is 1.92. The number of anilines is 1. The standard InChI is InChI=1S/C14H19NO2/c1-14(2,3)17-13(16)11-7-6-10-5-4-8-15-12(10)9-11/h6-7,9,15H,4-5,8H2,1-3H3. The summed E-state index contributed by atoms with van der Waals surface area (Å²) >= 11 is 0. The number of benzene rings is 1. The van der Waals surface area contributed by atoms with Crippen LogP contribution < -0.4 is 5.32 Å². The Bertz CT molecular complexity index is 432. The van der Waals surface area contributed by atoms with Crippen LogP contribution in [0.25, 0.3) is 0 Å². The van der Waals surface area contributed by atoms with Crippen molar-refractivity contribution in [2.75, 3.05) is 11.9 Å². The summed E-state index contributed by atoms with van der Waals surface area (Å²) in [6.45, 7) is 6.61. The van der Waals surface area contributed by atoms with Gasteiger partial charge in [0.05, 0.1) is 5.56 Å². The second-order valence-corrected chi connectivity index (χ2v) is 5.40. The highest BCUT2D eigenvalue weighted by molar-refractivity contribution is 5.91. The second-order valence-electron chi connectivity index (χ2n) is 5.40. The highest BCUT2D eigenvalue weighted by Gasteiger charge is 2.19. The first kappa shape index (κ1) is 12.0. The topological polar surface area (TPSA) is 38.3 Å². The molecule has 0 spiro atoms. The van der Waals surface area contributed by atoms with E-state index in [1.54, 1.807) is 0 Å². The molecule has 3 heteroatoms. The number of fused-ring (bicyclic) bond motifs is 1. The molecule has 0 radical (unpaired) electrons. The van der Waals surface area contributed by atoms with Crippen LogP contribution in [-0.2, 0) is 11.2 Å². The van der Waals surface area contributed by atoms with E-state index >= 15 is 0 Å². The van der Waals surface area contributed by atoms with Crippen LogP contribution in [0.5, 0.6) is 0 Å². The van der Waals surface area contributed by atoms with Crippen LogP contribution in [0.4, 0.5) is 5.69 Å². The quantitative estimate of drug-likeness (QED) is 0.758. The van der Waals surface area contributed by atoms with Crippen LogP contribution >= 0.6 is 0 Å². The van der Waals surface area contributed by atoms with E-state index in [1.807, 2.05) is 39.0 Å². The summed E-state index contributed by atoms with van der Waals surface area (Å²) in [7, 11) is 0. The van der Waals surface area contributed by atoms with Crippen molar-refractivity contribution in [2.24, 2.45) is 0 Å². The fraction of sp³-hybridized carbons (Fsp3) is 0.500. The van der Waals surface area contributed by atoms with Crippen molar-refractivity contribution in [2.45, 2.75) is 39.2 Å². The summed E-state index contributed by atoms with van der Waals surface area (Å²) in [4.78, 5) is 11.9. The molecular formula is C14H19NO2. The normalized spacial score (nSPS) is 14.8. The zero-order valence-electron chi connectivity index (χ0n) is 10.7. The van der Waals surface area contributed by atoms with Crippen LogP contribution in [0.3, 0.4) is 0 Å². The first-order valence-corrected chi connectivity index (χ1v) is 6.06. The van der Waals surface area contributed by atoms with E-state index in [4.69, 9.17) is 4.74 Å². The first-order chi connectivity index (χ1) is 7.96. The molecule has 0 amide bonds. The van der Waals surface area contributed by atoms with Crippen LogP contribution in [0.1, 0.15) is 43.1 Å². The Morgan fingerprint density at radius 1 is 1.35 bits per heavy atom. The molecule has 3 nitrogen and oxygen atoms in total. The Labute approximate surface area is 102 Å². The van der Waals surface area contributed by atoms with Gasteiger partial charge < -0.3 is 10.1 Å². The molecule has 1 aliphatic rings. The molecule has 17 heavy (non-hydrogen) atoms. The van der Waals surface area contributed by atoms with Crippen molar-refractivity contribution in [1.82, 2.24) is 0 Å². The average Bonchev–Trinajstić information content (AvgIpc) is 2.26. The van der Waals surface area contributed by atoms with Crippen molar-refractivity contribution in [3.8, 4) is 0 Å². The first-order valence-electron chi connectivity index (χ1n) is 6.06. The monoisotopic (exact) mass is 233 g/mol. The van der Waals surface area contributed by atoms with E-state index < -0.39 is 5.60 Å². The zero-order valence-corrected chi connectivity index (χ0v) is 10.7. The summed E-state index contributed by atoms with van der Waals surface area (Å²) in [6, 6.07) is 5.75. The van der Waals surface area contributed by atoms with E-state index in [-0.39, 0.29) is 5.97 Å². The van der Waals surface area contributed by atoms with E-state index in [1.165, 1.54) is 5.56 Å². The van der Waals surface area contributed by atoms with Gasteiger partial charge in [0, 0.05) is 12.2 Å². The maximum absolute atomic E-state index is 11.9. The second kappa shape index (κ2) is 4.40. The molecule has 1 heterocycles. The molecule has 0 unspecified atom stereocenters. The minimum Gasteiger partial charge on any atom is -0.456 e. The highest BCUT2D eigenvalue weighted by atomic mass is 16.6. The number of hydrogen-bond acceptors (Lipinski definition) is 3. The predicted molar refractivity (Wildman–Crippen MR) is 68.4 cm³/mol. The van der Waals surface area contributed by atoms with E-state index in [0.29, 0.717) is 5.56 Å². The smallest absolute Gasteiger partial charge is 0.338 e. The lowest BCUT2D eigenvalue weighted by Crippen LogP contribution is -2.24. The van der Waals surface area contributed by atoms with Crippen LogP contribution in [0.15, 0.2) is 18.2 Å². The third-order valence-electron chi connectivity index (χ3n) is 2.68. The molecule has 2 rings (SSSR count). The Kier molecular flexibility index (Phi) is 3.09. The average molecular weight is 233 g/mol. The third kappa shape index (κ3) is 2.99. The molecule has 0 bridgehead atoms. The third-order valence-corrected chi connectivity index (χ3v) is 2.68. The number of carbonyl (C=O) groups excluding carboxylic acids is 1. The lowest BCUT2D eigenvalue weighted by atomic mass is 10.0. The van der Waals surface area contributed by atoms with Crippen LogP contribution in [0.2, 0.25) is 0 Å². The van der Waals surface area contributed by atoms with Crippen molar-refractivity contribution in [3.05, 3.63) is 29.3 Å². The summed E-state index contributed by atoms with van der Waals surface area (Å²) in [5.74, 6) is -0.257. The molecule has 0 saturated heterocycles. The molecule has 0 atom stereocenters. The van der Waals surface area contributed by atoms with Crippen molar-refractivity contribution >= 4 is 11.7 Å². The number of rotatable bonds is 1. The minimum atomic E-state index is -0.444. The van der Waals surface area contributed by atoms with E-state index in [9.17, 15) is 4.79 Å². The zero-order chi connectivity index (χ0) is 12.5. The van der Waals surface area contributed by atoms with Gasteiger partial charge in [-0.2, -0.15) is 0 Å². The summed E-state index contributed by atoms with van der Waals surface area (Å²) in [6.07, 6.45) is 2.23. The van der Waals surface area contributed by atoms with Gasteiger partial charge in [-0.25, -0.2) is 4.79 Å². The van der Waals surface area contributed by atoms with Gasteiger partial charge in [0.25, 0.3) is 0 Å². The van der Waals surface area contributed by atoms with Crippen molar-refractivity contribution in [3.63, 3.8) is 0 Å². The van der Waals surface area contributed by atoms with Crippen molar-refractivity contribution in [1.29, 1.82) is 0 Å².